The van der Waals surface area contributed by atoms with Gasteiger partial charge in [-0.3, -0.25) is 0 Å². The lowest BCUT2D eigenvalue weighted by atomic mass is 10.1. The molecule has 25 heavy (non-hydrogen) atoms. The summed E-state index contributed by atoms with van der Waals surface area (Å²) in [7, 11) is 1.63. The van der Waals surface area contributed by atoms with Crippen LogP contribution in [0.3, 0.4) is 0 Å². The third-order valence-corrected chi connectivity index (χ3v) is 4.56. The first-order chi connectivity index (χ1) is 12.3. The van der Waals surface area contributed by atoms with Gasteiger partial charge in [0, 0.05) is 25.0 Å². The largest absolute Gasteiger partial charge is 0.497 e. The molecule has 0 saturated heterocycles. The number of methoxy groups -OCH3 is 1. The highest BCUT2D eigenvalue weighted by Gasteiger charge is 2.03. The number of aromatic nitrogens is 2. The van der Waals surface area contributed by atoms with E-state index in [1.54, 1.807) is 13.2 Å². The van der Waals surface area contributed by atoms with Gasteiger partial charge in [-0.15, -0.1) is 0 Å². The van der Waals surface area contributed by atoms with Gasteiger partial charge < -0.3 is 14.0 Å². The molecule has 138 valence electrons. The predicted molar refractivity (Wildman–Crippen MR) is 103 cm³/mol. The fourth-order valence-electron chi connectivity index (χ4n) is 2.78. The highest BCUT2D eigenvalue weighted by Crippen LogP contribution is 2.28. The lowest BCUT2D eigenvalue weighted by Gasteiger charge is -2.09. The van der Waals surface area contributed by atoms with Crippen molar-refractivity contribution in [2.45, 2.75) is 57.9 Å². The number of ether oxygens (including phenoxy) is 2. The average molecular weight is 365 g/mol. The Morgan fingerprint density at radius 3 is 2.36 bits per heavy atom. The molecule has 0 atom stereocenters. The molecule has 0 spiro atoms. The van der Waals surface area contributed by atoms with Gasteiger partial charge in [-0.25, -0.2) is 4.98 Å². The fourth-order valence-corrected chi connectivity index (χ4v) is 3.01. The van der Waals surface area contributed by atoms with Crippen LogP contribution in [0, 0.1) is 0 Å². The summed E-state index contributed by atoms with van der Waals surface area (Å²) in [6.45, 7) is 1.81. The second kappa shape index (κ2) is 11.8. The summed E-state index contributed by atoms with van der Waals surface area (Å²) in [6, 6.07) is 5.52. The number of unbranched alkanes of at least 4 members (excludes halogenated alkanes) is 7. The van der Waals surface area contributed by atoms with Crippen LogP contribution < -0.4 is 9.47 Å². The Bertz CT molecular complexity index is 587. The van der Waals surface area contributed by atoms with Crippen molar-refractivity contribution in [2.75, 3.05) is 13.7 Å². The molecule has 0 saturated carbocycles. The van der Waals surface area contributed by atoms with Crippen molar-refractivity contribution in [1.82, 2.24) is 9.55 Å². The number of nitrogens with zero attached hydrogens (tertiary/aromatic N) is 2. The first kappa shape index (κ1) is 19.6. The van der Waals surface area contributed by atoms with E-state index in [1.165, 1.54) is 44.9 Å². The van der Waals surface area contributed by atoms with Crippen molar-refractivity contribution in [3.63, 3.8) is 0 Å². The SMILES string of the molecule is COc1ccc(OCCCCCCCCCCn2ccnc2)c(Cl)c1. The third-order valence-electron chi connectivity index (χ3n) is 4.27. The Morgan fingerprint density at radius 1 is 1.00 bits per heavy atom. The van der Waals surface area contributed by atoms with Crippen molar-refractivity contribution in [3.05, 3.63) is 41.9 Å². The molecule has 2 aromatic rings. The van der Waals surface area contributed by atoms with Crippen molar-refractivity contribution in [1.29, 1.82) is 0 Å². The van der Waals surface area contributed by atoms with E-state index in [9.17, 15) is 0 Å². The minimum absolute atomic E-state index is 0.607. The Hall–Kier alpha value is -1.68. The minimum Gasteiger partial charge on any atom is -0.497 e. The highest BCUT2D eigenvalue weighted by atomic mass is 35.5. The summed E-state index contributed by atoms with van der Waals surface area (Å²) >= 11 is 6.15. The van der Waals surface area contributed by atoms with Crippen LogP contribution in [0.1, 0.15) is 51.4 Å². The zero-order valence-electron chi connectivity index (χ0n) is 15.1. The number of benzene rings is 1. The molecule has 5 heteroatoms. The van der Waals surface area contributed by atoms with Gasteiger partial charge in [0.05, 0.1) is 25.1 Å². The van der Waals surface area contributed by atoms with Gasteiger partial charge in [0.25, 0.3) is 0 Å². The van der Waals surface area contributed by atoms with Crippen LogP contribution in [0.5, 0.6) is 11.5 Å². The number of imidazole rings is 1. The number of aryl methyl sites for hydroxylation is 1. The van der Waals surface area contributed by atoms with E-state index in [2.05, 4.69) is 9.55 Å². The second-order valence-corrected chi connectivity index (χ2v) is 6.68. The monoisotopic (exact) mass is 364 g/mol. The molecule has 0 amide bonds. The third kappa shape index (κ3) is 7.82. The molecule has 0 fully saturated rings. The molecule has 0 aliphatic carbocycles. The molecule has 0 aliphatic heterocycles. The first-order valence-corrected chi connectivity index (χ1v) is 9.59. The number of rotatable bonds is 13. The van der Waals surface area contributed by atoms with Crippen molar-refractivity contribution < 1.29 is 9.47 Å². The molecule has 0 radical (unpaired) electrons. The van der Waals surface area contributed by atoms with E-state index in [4.69, 9.17) is 21.1 Å². The van der Waals surface area contributed by atoms with Crippen LogP contribution in [0.2, 0.25) is 5.02 Å². The molecular formula is C20H29ClN2O2. The number of halogens is 1. The molecule has 2 rings (SSSR count). The quantitative estimate of drug-likeness (QED) is 0.425. The normalized spacial score (nSPS) is 10.8. The van der Waals surface area contributed by atoms with Gasteiger partial charge in [0.15, 0.2) is 0 Å². The van der Waals surface area contributed by atoms with E-state index >= 15 is 0 Å². The van der Waals surface area contributed by atoms with E-state index in [-0.39, 0.29) is 0 Å². The van der Waals surface area contributed by atoms with Crippen molar-refractivity contribution >= 4 is 11.6 Å². The zero-order chi connectivity index (χ0) is 17.7. The molecule has 1 heterocycles. The Labute approximate surface area is 156 Å². The van der Waals surface area contributed by atoms with Crippen LogP contribution in [-0.2, 0) is 6.54 Å². The molecule has 0 aliphatic rings. The lowest BCUT2D eigenvalue weighted by molar-refractivity contribution is 0.303. The van der Waals surface area contributed by atoms with Crippen LogP contribution in [0.15, 0.2) is 36.9 Å². The predicted octanol–water partition coefficient (Wildman–Crippen LogP) is 5.74. The number of hydrogen-bond donors (Lipinski definition) is 0. The van der Waals surface area contributed by atoms with Crippen LogP contribution in [0.4, 0.5) is 0 Å². The standard InChI is InChI=1S/C20H29ClN2O2/c1-24-18-10-11-20(19(21)16-18)25-15-9-7-5-3-2-4-6-8-13-23-14-12-22-17-23/h10-12,14,16-17H,2-9,13,15H2,1H3. The smallest absolute Gasteiger partial charge is 0.138 e. The van der Waals surface area contributed by atoms with Crippen molar-refractivity contribution in [2.24, 2.45) is 0 Å². The molecule has 0 bridgehead atoms. The summed E-state index contributed by atoms with van der Waals surface area (Å²) in [5.74, 6) is 1.49. The van der Waals surface area contributed by atoms with E-state index in [0.717, 1.165) is 31.1 Å². The summed E-state index contributed by atoms with van der Waals surface area (Å²) in [5, 5.41) is 0.607. The lowest BCUT2D eigenvalue weighted by Crippen LogP contribution is -1.98. The summed E-state index contributed by atoms with van der Waals surface area (Å²) < 4.78 is 13.0. The second-order valence-electron chi connectivity index (χ2n) is 6.27. The van der Waals surface area contributed by atoms with Gasteiger partial charge in [-0.1, -0.05) is 50.1 Å². The molecule has 1 aromatic heterocycles. The van der Waals surface area contributed by atoms with E-state index in [0.29, 0.717) is 5.02 Å². The van der Waals surface area contributed by atoms with Gasteiger partial charge in [-0.05, 0) is 25.0 Å². The Morgan fingerprint density at radius 2 is 1.72 bits per heavy atom. The topological polar surface area (TPSA) is 36.3 Å². The van der Waals surface area contributed by atoms with Gasteiger partial charge in [0.1, 0.15) is 11.5 Å². The van der Waals surface area contributed by atoms with Crippen LogP contribution >= 0.6 is 11.6 Å². The fraction of sp³-hybridized carbons (Fsp3) is 0.550. The maximum Gasteiger partial charge on any atom is 0.138 e. The molecule has 1 aromatic carbocycles. The average Bonchev–Trinajstić information content (AvgIpc) is 3.14. The highest BCUT2D eigenvalue weighted by molar-refractivity contribution is 6.32. The maximum atomic E-state index is 6.15. The van der Waals surface area contributed by atoms with E-state index < -0.39 is 0 Å². The van der Waals surface area contributed by atoms with Gasteiger partial charge >= 0.3 is 0 Å². The first-order valence-electron chi connectivity index (χ1n) is 9.21. The summed E-state index contributed by atoms with van der Waals surface area (Å²) in [5.41, 5.74) is 0. The van der Waals surface area contributed by atoms with Crippen LogP contribution in [0.25, 0.3) is 0 Å². The molecule has 4 nitrogen and oxygen atoms in total. The van der Waals surface area contributed by atoms with Crippen LogP contribution in [-0.4, -0.2) is 23.3 Å². The van der Waals surface area contributed by atoms with Gasteiger partial charge in [-0.2, -0.15) is 0 Å². The minimum atomic E-state index is 0.607. The zero-order valence-corrected chi connectivity index (χ0v) is 15.9. The molecule has 0 N–H and O–H groups in total. The number of hydrogen-bond acceptors (Lipinski definition) is 3. The molecule has 0 unspecified atom stereocenters. The van der Waals surface area contributed by atoms with Crippen molar-refractivity contribution in [3.8, 4) is 11.5 Å². The van der Waals surface area contributed by atoms with E-state index in [1.807, 2.05) is 30.9 Å². The summed E-state index contributed by atoms with van der Waals surface area (Å²) in [4.78, 5) is 4.06. The Balaban J connectivity index is 1.41. The maximum absolute atomic E-state index is 6.15. The van der Waals surface area contributed by atoms with Gasteiger partial charge in [0.2, 0.25) is 0 Å². The molecular weight excluding hydrogens is 336 g/mol. The Kier molecular flexibility index (Phi) is 9.27. The summed E-state index contributed by atoms with van der Waals surface area (Å²) in [6.07, 6.45) is 15.8.